The Morgan fingerprint density at radius 2 is 2.00 bits per heavy atom. The molecule has 0 aromatic heterocycles. The summed E-state index contributed by atoms with van der Waals surface area (Å²) in [5.41, 5.74) is 2.29. The molecule has 1 unspecified atom stereocenters. The van der Waals surface area contributed by atoms with Gasteiger partial charge in [0.25, 0.3) is 0 Å². The molecule has 0 aliphatic carbocycles. The average Bonchev–Trinajstić information content (AvgIpc) is 2.39. The minimum atomic E-state index is -0.552. The fraction of sp³-hybridized carbons (Fsp3) is 0.471. The molecule has 2 nitrogen and oxygen atoms in total. The second kappa shape index (κ2) is 7.33. The summed E-state index contributed by atoms with van der Waals surface area (Å²) in [5.74, 6) is -0.298. The zero-order valence-corrected chi connectivity index (χ0v) is 14.8. The summed E-state index contributed by atoms with van der Waals surface area (Å²) in [4.78, 5) is 13.9. The lowest BCUT2D eigenvalue weighted by atomic mass is 9.84. The van der Waals surface area contributed by atoms with Crippen molar-refractivity contribution in [3.05, 3.63) is 41.5 Å². The van der Waals surface area contributed by atoms with Crippen LogP contribution < -0.4 is 4.90 Å². The fourth-order valence-electron chi connectivity index (χ4n) is 2.28. The van der Waals surface area contributed by atoms with E-state index in [0.29, 0.717) is 0 Å². The van der Waals surface area contributed by atoms with Crippen molar-refractivity contribution in [2.75, 3.05) is 10.8 Å². The number of alkyl halides is 2. The van der Waals surface area contributed by atoms with Crippen molar-refractivity contribution in [2.45, 2.75) is 45.5 Å². The second-order valence-corrected chi connectivity index (χ2v) is 6.73. The number of benzene rings is 1. The second-order valence-electron chi connectivity index (χ2n) is 6.02. The van der Waals surface area contributed by atoms with Crippen molar-refractivity contribution in [2.24, 2.45) is 0 Å². The van der Waals surface area contributed by atoms with E-state index in [9.17, 15) is 4.79 Å². The van der Waals surface area contributed by atoms with E-state index < -0.39 is 5.50 Å². The van der Waals surface area contributed by atoms with Crippen molar-refractivity contribution in [3.63, 3.8) is 0 Å². The highest BCUT2D eigenvalue weighted by atomic mass is 35.5. The van der Waals surface area contributed by atoms with Crippen LogP contribution in [-0.4, -0.2) is 17.3 Å². The van der Waals surface area contributed by atoms with Gasteiger partial charge in [-0.05, 0) is 30.4 Å². The summed E-state index contributed by atoms with van der Waals surface area (Å²) in [7, 11) is 0. The van der Waals surface area contributed by atoms with Crippen LogP contribution in [0.5, 0.6) is 0 Å². The van der Waals surface area contributed by atoms with Crippen LogP contribution in [0.4, 0.5) is 5.69 Å². The first-order valence-electron chi connectivity index (χ1n) is 6.99. The van der Waals surface area contributed by atoms with Crippen LogP contribution in [0.1, 0.15) is 38.8 Å². The van der Waals surface area contributed by atoms with Gasteiger partial charge in [-0.3, -0.25) is 9.69 Å². The molecule has 0 aliphatic heterocycles. The first-order chi connectivity index (χ1) is 9.73. The molecule has 0 spiro atoms. The van der Waals surface area contributed by atoms with Crippen LogP contribution in [0.2, 0.25) is 0 Å². The maximum Gasteiger partial charge on any atom is 0.243 e. The van der Waals surface area contributed by atoms with Gasteiger partial charge >= 0.3 is 0 Å². The molecule has 0 bridgehead atoms. The molecule has 0 saturated heterocycles. The topological polar surface area (TPSA) is 20.3 Å². The number of carbonyl (C=O) groups excluding carboxylic acids is 1. The molecule has 1 amide bonds. The zero-order chi connectivity index (χ0) is 16.2. The lowest BCUT2D eigenvalue weighted by molar-refractivity contribution is -0.116. The Balaban J connectivity index is 3.54. The van der Waals surface area contributed by atoms with Crippen molar-refractivity contribution >= 4 is 34.8 Å². The summed E-state index contributed by atoms with van der Waals surface area (Å²) in [6, 6.07) is 6.02. The summed E-state index contributed by atoms with van der Waals surface area (Å²) in [5, 5.41) is 0. The van der Waals surface area contributed by atoms with Gasteiger partial charge in [0.2, 0.25) is 5.91 Å². The number of nitrogens with zero attached hydrogens (tertiary/aromatic N) is 1. The Hall–Kier alpha value is -0.990. The molecular weight excluding hydrogens is 305 g/mol. The van der Waals surface area contributed by atoms with Gasteiger partial charge in [-0.15, -0.1) is 11.6 Å². The molecule has 0 radical (unpaired) electrons. The number of rotatable bonds is 4. The largest absolute Gasteiger partial charge is 0.290 e. The summed E-state index contributed by atoms with van der Waals surface area (Å²) >= 11 is 12.2. The van der Waals surface area contributed by atoms with Crippen LogP contribution in [0.15, 0.2) is 30.4 Å². The van der Waals surface area contributed by atoms with Crippen molar-refractivity contribution in [1.29, 1.82) is 0 Å². The van der Waals surface area contributed by atoms with Gasteiger partial charge in [-0.2, -0.15) is 0 Å². The van der Waals surface area contributed by atoms with Gasteiger partial charge in [0, 0.05) is 0 Å². The highest BCUT2D eigenvalue weighted by molar-refractivity contribution is 6.32. The Kier molecular flexibility index (Phi) is 6.30. The molecule has 0 saturated carbocycles. The molecule has 1 aromatic carbocycles. The van der Waals surface area contributed by atoms with Crippen molar-refractivity contribution in [1.82, 2.24) is 0 Å². The van der Waals surface area contributed by atoms with Gasteiger partial charge in [0.15, 0.2) is 0 Å². The Labute approximate surface area is 137 Å². The molecule has 1 atom stereocenters. The molecule has 1 rings (SSSR count). The van der Waals surface area contributed by atoms with Gasteiger partial charge in [0.1, 0.15) is 11.4 Å². The SMILES string of the molecule is CC=CC(Cl)N(C(=O)CCl)c1c(C)cccc1C(C)(C)C. The highest BCUT2D eigenvalue weighted by Gasteiger charge is 2.28. The number of amides is 1. The van der Waals surface area contributed by atoms with Crippen LogP contribution in [0, 0.1) is 6.92 Å². The molecule has 0 N–H and O–H groups in total. The van der Waals surface area contributed by atoms with Crippen molar-refractivity contribution in [3.8, 4) is 0 Å². The molecule has 0 fully saturated rings. The van der Waals surface area contributed by atoms with Gasteiger partial charge < -0.3 is 0 Å². The Morgan fingerprint density at radius 1 is 1.38 bits per heavy atom. The van der Waals surface area contributed by atoms with E-state index in [2.05, 4.69) is 20.8 Å². The zero-order valence-electron chi connectivity index (χ0n) is 13.3. The van der Waals surface area contributed by atoms with E-state index in [1.807, 2.05) is 38.1 Å². The van der Waals surface area contributed by atoms with E-state index in [-0.39, 0.29) is 17.2 Å². The van der Waals surface area contributed by atoms with Crippen molar-refractivity contribution < 1.29 is 4.79 Å². The molecule has 0 aliphatic rings. The van der Waals surface area contributed by atoms with Gasteiger partial charge in [-0.1, -0.05) is 62.7 Å². The Morgan fingerprint density at radius 3 is 2.48 bits per heavy atom. The maximum absolute atomic E-state index is 12.3. The molecular formula is C17H23Cl2NO. The van der Waals surface area contributed by atoms with Gasteiger partial charge in [-0.25, -0.2) is 0 Å². The van der Waals surface area contributed by atoms with E-state index >= 15 is 0 Å². The number of halogens is 2. The fourth-order valence-corrected chi connectivity index (χ4v) is 2.76. The van der Waals surface area contributed by atoms with Crippen LogP contribution in [0.25, 0.3) is 0 Å². The number of para-hydroxylation sites is 1. The molecule has 4 heteroatoms. The number of hydrogen-bond donors (Lipinski definition) is 0. The average molecular weight is 328 g/mol. The van der Waals surface area contributed by atoms with Crippen LogP contribution in [0.3, 0.4) is 0 Å². The summed E-state index contributed by atoms with van der Waals surface area (Å²) in [6.45, 7) is 10.2. The summed E-state index contributed by atoms with van der Waals surface area (Å²) in [6.07, 6.45) is 3.62. The van der Waals surface area contributed by atoms with E-state index in [1.165, 1.54) is 0 Å². The Bertz CT molecular complexity index is 532. The number of allylic oxidation sites excluding steroid dienone is 1. The van der Waals surface area contributed by atoms with E-state index in [0.717, 1.165) is 16.8 Å². The number of aryl methyl sites for hydroxylation is 1. The lowest BCUT2D eigenvalue weighted by Gasteiger charge is -2.33. The first-order valence-corrected chi connectivity index (χ1v) is 7.96. The monoisotopic (exact) mass is 327 g/mol. The normalized spacial score (nSPS) is 13.5. The minimum absolute atomic E-state index is 0.0985. The minimum Gasteiger partial charge on any atom is -0.290 e. The molecule has 0 heterocycles. The quantitative estimate of drug-likeness (QED) is 0.432. The standard InChI is InChI=1S/C17H23Cl2NO/c1-6-8-14(19)20(15(21)11-18)16-12(2)9-7-10-13(16)17(3,4)5/h6-10,14H,11H2,1-5H3. The smallest absolute Gasteiger partial charge is 0.243 e. The van der Waals surface area contributed by atoms with E-state index in [1.54, 1.807) is 11.0 Å². The third-order valence-electron chi connectivity index (χ3n) is 3.27. The number of hydrogen-bond acceptors (Lipinski definition) is 1. The molecule has 116 valence electrons. The third-order valence-corrected chi connectivity index (χ3v) is 3.84. The van der Waals surface area contributed by atoms with Gasteiger partial charge in [0.05, 0.1) is 5.69 Å². The third kappa shape index (κ3) is 4.24. The highest BCUT2D eigenvalue weighted by Crippen LogP contribution is 2.36. The predicted octanol–water partition coefficient (Wildman–Crippen LogP) is 5.01. The number of anilines is 1. The maximum atomic E-state index is 12.3. The molecule has 1 aromatic rings. The predicted molar refractivity (Wildman–Crippen MR) is 92.5 cm³/mol. The van der Waals surface area contributed by atoms with E-state index in [4.69, 9.17) is 23.2 Å². The molecule has 21 heavy (non-hydrogen) atoms. The lowest BCUT2D eigenvalue weighted by Crippen LogP contribution is -2.39. The van der Waals surface area contributed by atoms with Crippen LogP contribution in [-0.2, 0) is 10.2 Å². The number of carbonyl (C=O) groups is 1. The van der Waals surface area contributed by atoms with Crippen LogP contribution >= 0.6 is 23.2 Å². The first kappa shape index (κ1) is 18.1. The summed E-state index contributed by atoms with van der Waals surface area (Å²) < 4.78 is 0.